The Kier molecular flexibility index (Phi) is 5.56. The van der Waals surface area contributed by atoms with E-state index >= 15 is 0 Å². The number of hydrogen-bond acceptors (Lipinski definition) is 5. The molecule has 0 radical (unpaired) electrons. The molecule has 44 heavy (non-hydrogen) atoms. The number of hydrogen-bond donors (Lipinski definition) is 0. The molecule has 0 aliphatic carbocycles. The zero-order chi connectivity index (χ0) is 29.8. The van der Waals surface area contributed by atoms with Crippen molar-refractivity contribution in [2.75, 3.05) is 0 Å². The molecular weight excluding hydrogens is 542 g/mol. The maximum atomic E-state index is 10.8. The van der Waals surface area contributed by atoms with E-state index in [4.69, 9.17) is 8.83 Å². The second-order valence-corrected chi connectivity index (χ2v) is 10.6. The summed E-state index contributed by atoms with van der Waals surface area (Å²) in [4.78, 5) is 0. The highest BCUT2D eigenvalue weighted by Gasteiger charge is 2.23. The van der Waals surface area contributed by atoms with Crippen LogP contribution in [0, 0.1) is 34.0 Å². The third-order valence-electron chi connectivity index (χ3n) is 8.23. The highest BCUT2D eigenvalue weighted by atomic mass is 16.3. The van der Waals surface area contributed by atoms with Crippen LogP contribution in [0.1, 0.15) is 16.7 Å². The molecule has 2 aromatic heterocycles. The third-order valence-corrected chi connectivity index (χ3v) is 8.23. The molecule has 5 nitrogen and oxygen atoms in total. The summed E-state index contributed by atoms with van der Waals surface area (Å²) < 4.78 is 12.6. The zero-order valence-electron chi connectivity index (χ0n) is 23.1. The average molecular weight is 562 g/mol. The van der Waals surface area contributed by atoms with Gasteiger partial charge in [0.1, 0.15) is 28.4 Å². The molecule has 0 bridgehead atoms. The Hall–Kier alpha value is -6.61. The maximum Gasteiger partial charge on any atom is 0.143 e. The number of nitriles is 3. The number of furan rings is 2. The summed E-state index contributed by atoms with van der Waals surface area (Å²) in [5.41, 5.74) is 8.11. The Morgan fingerprint density at radius 1 is 0.455 bits per heavy atom. The van der Waals surface area contributed by atoms with Crippen molar-refractivity contribution in [1.29, 1.82) is 15.8 Å². The summed E-state index contributed by atoms with van der Waals surface area (Å²) >= 11 is 0. The van der Waals surface area contributed by atoms with Gasteiger partial charge in [0, 0.05) is 43.8 Å². The predicted molar refractivity (Wildman–Crippen MR) is 171 cm³/mol. The summed E-state index contributed by atoms with van der Waals surface area (Å²) in [6.45, 7) is 0. The molecule has 0 atom stereocenters. The molecule has 0 amide bonds. The van der Waals surface area contributed by atoms with E-state index in [1.54, 1.807) is 18.2 Å². The number of para-hydroxylation sites is 3. The highest BCUT2D eigenvalue weighted by Crippen LogP contribution is 2.45. The molecule has 202 valence electrons. The standard InChI is InChI=1S/C39H19N3O2/c40-20-23-8-5-9-24(21-41)37(23)25-18-31(27-12-7-17-36-38(27)30-11-2-4-16-35(30)43-36)33(22-42)32(19-25)29-14-6-13-28-26-10-1-3-15-34(26)44-39(28)29/h1-19H. The van der Waals surface area contributed by atoms with Crippen LogP contribution in [0.2, 0.25) is 0 Å². The van der Waals surface area contributed by atoms with Crippen LogP contribution in [0.25, 0.3) is 77.3 Å². The SMILES string of the molecule is N#Cc1cccc(C#N)c1-c1cc(-c2cccc3c2oc2ccccc23)c(C#N)c(-c2cccc3oc4ccccc4c23)c1. The molecule has 5 heteroatoms. The fourth-order valence-corrected chi connectivity index (χ4v) is 6.34. The molecule has 0 saturated heterocycles. The minimum atomic E-state index is 0.375. The van der Waals surface area contributed by atoms with Crippen LogP contribution in [-0.4, -0.2) is 0 Å². The molecular formula is C39H19N3O2. The van der Waals surface area contributed by atoms with Gasteiger partial charge in [0.15, 0.2) is 0 Å². The third kappa shape index (κ3) is 3.63. The van der Waals surface area contributed by atoms with Crippen molar-refractivity contribution < 1.29 is 8.83 Å². The van der Waals surface area contributed by atoms with Crippen LogP contribution in [0.4, 0.5) is 0 Å². The fraction of sp³-hybridized carbons (Fsp3) is 0. The van der Waals surface area contributed by atoms with Crippen molar-refractivity contribution in [2.24, 2.45) is 0 Å². The van der Waals surface area contributed by atoms with Gasteiger partial charge in [-0.3, -0.25) is 0 Å². The van der Waals surface area contributed by atoms with Crippen LogP contribution in [0.3, 0.4) is 0 Å². The van der Waals surface area contributed by atoms with Gasteiger partial charge < -0.3 is 8.83 Å². The van der Waals surface area contributed by atoms with Gasteiger partial charge in [-0.25, -0.2) is 0 Å². The molecule has 6 aromatic carbocycles. The van der Waals surface area contributed by atoms with E-state index < -0.39 is 0 Å². The number of rotatable bonds is 3. The first kappa shape index (κ1) is 25.1. The van der Waals surface area contributed by atoms with Crippen LogP contribution >= 0.6 is 0 Å². The topological polar surface area (TPSA) is 97.6 Å². The van der Waals surface area contributed by atoms with Gasteiger partial charge in [-0.05, 0) is 53.6 Å². The van der Waals surface area contributed by atoms with Crippen molar-refractivity contribution in [3.63, 3.8) is 0 Å². The van der Waals surface area contributed by atoms with Gasteiger partial charge in [-0.2, -0.15) is 15.8 Å². The Morgan fingerprint density at radius 2 is 1.02 bits per heavy atom. The number of nitrogens with zero attached hydrogens (tertiary/aromatic N) is 3. The van der Waals surface area contributed by atoms with E-state index in [9.17, 15) is 15.8 Å². The largest absolute Gasteiger partial charge is 0.456 e. The first-order valence-electron chi connectivity index (χ1n) is 14.0. The van der Waals surface area contributed by atoms with E-state index in [1.807, 2.05) is 97.1 Å². The molecule has 0 saturated carbocycles. The quantitative estimate of drug-likeness (QED) is 0.214. The van der Waals surface area contributed by atoms with Gasteiger partial charge in [0.25, 0.3) is 0 Å². The second kappa shape index (κ2) is 9.74. The Bertz CT molecular complexity index is 2570. The smallest absolute Gasteiger partial charge is 0.143 e. The Morgan fingerprint density at radius 3 is 1.75 bits per heavy atom. The molecule has 0 spiro atoms. The molecule has 0 fully saturated rings. The summed E-state index contributed by atoms with van der Waals surface area (Å²) in [5.74, 6) is 0. The lowest BCUT2D eigenvalue weighted by Gasteiger charge is -2.16. The summed E-state index contributed by atoms with van der Waals surface area (Å²) in [6, 6.07) is 43.4. The minimum absolute atomic E-state index is 0.375. The van der Waals surface area contributed by atoms with Gasteiger partial charge in [-0.1, -0.05) is 72.8 Å². The maximum absolute atomic E-state index is 10.8. The zero-order valence-corrected chi connectivity index (χ0v) is 23.1. The van der Waals surface area contributed by atoms with Crippen LogP contribution in [0.15, 0.2) is 124 Å². The minimum Gasteiger partial charge on any atom is -0.456 e. The molecule has 2 heterocycles. The molecule has 8 aromatic rings. The van der Waals surface area contributed by atoms with Crippen LogP contribution < -0.4 is 0 Å². The van der Waals surface area contributed by atoms with Gasteiger partial charge in [0.05, 0.1) is 28.8 Å². The van der Waals surface area contributed by atoms with Crippen molar-refractivity contribution in [1.82, 2.24) is 0 Å². The fourth-order valence-electron chi connectivity index (χ4n) is 6.34. The molecule has 0 aliphatic rings. The van der Waals surface area contributed by atoms with Crippen LogP contribution in [-0.2, 0) is 0 Å². The molecule has 0 N–H and O–H groups in total. The van der Waals surface area contributed by atoms with Crippen molar-refractivity contribution in [2.45, 2.75) is 0 Å². The van der Waals surface area contributed by atoms with Crippen molar-refractivity contribution in [3.8, 4) is 51.6 Å². The lowest BCUT2D eigenvalue weighted by atomic mass is 9.85. The Balaban J connectivity index is 1.54. The summed E-state index contributed by atoms with van der Waals surface area (Å²) in [6.07, 6.45) is 0. The first-order valence-corrected chi connectivity index (χ1v) is 14.0. The van der Waals surface area contributed by atoms with Crippen LogP contribution in [0.5, 0.6) is 0 Å². The van der Waals surface area contributed by atoms with Crippen molar-refractivity contribution in [3.05, 3.63) is 132 Å². The van der Waals surface area contributed by atoms with E-state index in [0.717, 1.165) is 43.8 Å². The number of benzene rings is 6. The monoisotopic (exact) mass is 561 g/mol. The van der Waals surface area contributed by atoms with E-state index in [2.05, 4.69) is 18.2 Å². The second-order valence-electron chi connectivity index (χ2n) is 10.6. The predicted octanol–water partition coefficient (Wildman–Crippen LogP) is 10.1. The van der Waals surface area contributed by atoms with Gasteiger partial charge in [-0.15, -0.1) is 0 Å². The molecule has 0 aliphatic heterocycles. The lowest BCUT2D eigenvalue weighted by molar-refractivity contribution is 0.669. The first-order chi connectivity index (χ1) is 21.7. The van der Waals surface area contributed by atoms with E-state index in [1.165, 1.54) is 0 Å². The average Bonchev–Trinajstić information content (AvgIpc) is 3.66. The van der Waals surface area contributed by atoms with Gasteiger partial charge >= 0.3 is 0 Å². The van der Waals surface area contributed by atoms with E-state index in [0.29, 0.717) is 50.1 Å². The lowest BCUT2D eigenvalue weighted by Crippen LogP contribution is -1.96. The molecule has 8 rings (SSSR count). The summed E-state index contributed by atoms with van der Waals surface area (Å²) in [5, 5.41) is 34.7. The normalized spacial score (nSPS) is 11.1. The van der Waals surface area contributed by atoms with Crippen molar-refractivity contribution >= 4 is 43.9 Å². The Labute approximate surface area is 251 Å². The highest BCUT2D eigenvalue weighted by molar-refractivity contribution is 6.14. The molecule has 0 unspecified atom stereocenters. The summed E-state index contributed by atoms with van der Waals surface area (Å²) in [7, 11) is 0. The number of fused-ring (bicyclic) bond motifs is 6. The van der Waals surface area contributed by atoms with E-state index in [-0.39, 0.29) is 0 Å². The van der Waals surface area contributed by atoms with Gasteiger partial charge in [0.2, 0.25) is 0 Å².